The Hall–Kier alpha value is -2.67. The molecule has 146 valence electrons. The van der Waals surface area contributed by atoms with Gasteiger partial charge in [0.15, 0.2) is 0 Å². The summed E-state index contributed by atoms with van der Waals surface area (Å²) in [7, 11) is -3.51. The van der Waals surface area contributed by atoms with Crippen LogP contribution in [0.15, 0.2) is 120 Å². The number of anilines is 3. The first kappa shape index (κ1) is 18.1. The Morgan fingerprint density at radius 2 is 1.10 bits per heavy atom. The van der Waals surface area contributed by atoms with Crippen molar-refractivity contribution in [2.75, 3.05) is 4.90 Å². The van der Waals surface area contributed by atoms with Crippen LogP contribution in [0, 0.1) is 0 Å². The molecule has 0 amide bonds. The molecule has 0 unspecified atom stereocenters. The van der Waals surface area contributed by atoms with Crippen molar-refractivity contribution < 1.29 is 8.42 Å². The van der Waals surface area contributed by atoms with Crippen LogP contribution in [-0.4, -0.2) is 8.42 Å². The van der Waals surface area contributed by atoms with Gasteiger partial charge >= 0.3 is 0 Å². The van der Waals surface area contributed by atoms with Crippen LogP contribution in [0.4, 0.5) is 17.1 Å². The summed E-state index contributed by atoms with van der Waals surface area (Å²) in [6.07, 6.45) is 0. The van der Waals surface area contributed by atoms with Gasteiger partial charge in [0.25, 0.3) is 0 Å². The molecule has 0 atom stereocenters. The molecule has 4 aromatic rings. The molecule has 0 fully saturated rings. The lowest BCUT2D eigenvalue weighted by Gasteiger charge is -2.33. The highest BCUT2D eigenvalue weighted by molar-refractivity contribution is 8.02. The normalized spacial score (nSPS) is 15.5. The third kappa shape index (κ3) is 2.64. The van der Waals surface area contributed by atoms with E-state index in [0.717, 1.165) is 26.9 Å². The maximum absolute atomic E-state index is 13.1. The third-order valence-electron chi connectivity index (χ3n) is 5.27. The highest BCUT2D eigenvalue weighted by Gasteiger charge is 2.31. The largest absolute Gasteiger partial charge is 0.308 e. The second-order valence-electron chi connectivity index (χ2n) is 7.06. The Labute approximate surface area is 183 Å². The fraction of sp³-hybridized carbons (Fsp3) is 0. The van der Waals surface area contributed by atoms with Crippen molar-refractivity contribution >= 4 is 50.4 Å². The van der Waals surface area contributed by atoms with Gasteiger partial charge in [0.1, 0.15) is 0 Å². The number of benzene rings is 4. The Morgan fingerprint density at radius 1 is 0.567 bits per heavy atom. The Balaban J connectivity index is 1.55. The van der Waals surface area contributed by atoms with Gasteiger partial charge in [-0.2, -0.15) is 0 Å². The van der Waals surface area contributed by atoms with Crippen LogP contribution < -0.4 is 4.90 Å². The fourth-order valence-electron chi connectivity index (χ4n) is 3.91. The first-order chi connectivity index (χ1) is 14.6. The van der Waals surface area contributed by atoms with Gasteiger partial charge in [-0.1, -0.05) is 59.9 Å². The molecule has 30 heavy (non-hydrogen) atoms. The molecule has 6 rings (SSSR count). The number of sulfone groups is 1. The van der Waals surface area contributed by atoms with Gasteiger partial charge in [-0.15, -0.1) is 0 Å². The zero-order chi connectivity index (χ0) is 20.3. The smallest absolute Gasteiger partial charge is 0.208 e. The number of hydrogen-bond acceptors (Lipinski definition) is 5. The first-order valence-electron chi connectivity index (χ1n) is 9.45. The zero-order valence-electron chi connectivity index (χ0n) is 15.6. The van der Waals surface area contributed by atoms with E-state index in [0.29, 0.717) is 9.79 Å². The topological polar surface area (TPSA) is 37.4 Å². The van der Waals surface area contributed by atoms with Crippen molar-refractivity contribution in [3.8, 4) is 0 Å². The Bertz CT molecular complexity index is 1380. The van der Waals surface area contributed by atoms with Crippen molar-refractivity contribution in [2.45, 2.75) is 29.4 Å². The van der Waals surface area contributed by atoms with Gasteiger partial charge in [0, 0.05) is 25.3 Å². The van der Waals surface area contributed by atoms with Gasteiger partial charge in [0.2, 0.25) is 9.84 Å². The van der Waals surface area contributed by atoms with Crippen LogP contribution in [0.25, 0.3) is 0 Å². The number of para-hydroxylation sites is 2. The van der Waals surface area contributed by atoms with Crippen LogP contribution in [0.5, 0.6) is 0 Å². The summed E-state index contributed by atoms with van der Waals surface area (Å²) in [4.78, 5) is 6.88. The number of hydrogen-bond donors (Lipinski definition) is 0. The molecule has 0 saturated carbocycles. The summed E-state index contributed by atoms with van der Waals surface area (Å²) in [5.74, 6) is 0. The van der Waals surface area contributed by atoms with E-state index in [-0.39, 0.29) is 0 Å². The lowest BCUT2D eigenvalue weighted by atomic mass is 10.2. The van der Waals surface area contributed by atoms with Crippen molar-refractivity contribution in [2.24, 2.45) is 0 Å². The summed E-state index contributed by atoms with van der Waals surface area (Å²) in [6, 6.07) is 29.5. The van der Waals surface area contributed by atoms with Gasteiger partial charge < -0.3 is 4.90 Å². The van der Waals surface area contributed by atoms with Gasteiger partial charge in [-0.3, -0.25) is 0 Å². The van der Waals surface area contributed by atoms with Crippen molar-refractivity contribution in [1.82, 2.24) is 0 Å². The minimum atomic E-state index is -3.51. The SMILES string of the molecule is O=S1(=O)c2ccccc2Sc2cc(N3c4ccccc4Sc4ccccc43)ccc21. The van der Waals surface area contributed by atoms with E-state index in [2.05, 4.69) is 29.2 Å². The van der Waals surface area contributed by atoms with E-state index in [1.807, 2.05) is 48.5 Å². The van der Waals surface area contributed by atoms with E-state index in [1.54, 1.807) is 30.0 Å². The maximum atomic E-state index is 13.1. The first-order valence-corrected chi connectivity index (χ1v) is 12.6. The number of fused-ring (bicyclic) bond motifs is 4. The molecular formula is C24H15NO2S3. The number of nitrogens with zero attached hydrogens (tertiary/aromatic N) is 1. The molecule has 2 aliphatic heterocycles. The molecule has 0 radical (unpaired) electrons. The van der Waals surface area contributed by atoms with Crippen LogP contribution in [-0.2, 0) is 9.84 Å². The molecule has 4 aromatic carbocycles. The molecule has 0 aromatic heterocycles. The Kier molecular flexibility index (Phi) is 4.03. The molecule has 3 nitrogen and oxygen atoms in total. The van der Waals surface area contributed by atoms with Crippen LogP contribution in [0.2, 0.25) is 0 Å². The predicted molar refractivity (Wildman–Crippen MR) is 121 cm³/mol. The van der Waals surface area contributed by atoms with Gasteiger partial charge in [-0.25, -0.2) is 8.42 Å². The average molecular weight is 446 g/mol. The quantitative estimate of drug-likeness (QED) is 0.275. The average Bonchev–Trinajstić information content (AvgIpc) is 2.77. The highest BCUT2D eigenvalue weighted by atomic mass is 32.2. The highest BCUT2D eigenvalue weighted by Crippen LogP contribution is 2.53. The molecule has 0 bridgehead atoms. The molecule has 0 saturated heterocycles. The van der Waals surface area contributed by atoms with Gasteiger partial charge in [0.05, 0.1) is 21.2 Å². The van der Waals surface area contributed by atoms with E-state index in [1.165, 1.54) is 21.6 Å². The summed E-state index contributed by atoms with van der Waals surface area (Å²) in [5, 5.41) is 0. The third-order valence-corrected chi connectivity index (χ3v) is 9.66. The fourth-order valence-corrected chi connectivity index (χ4v) is 8.18. The monoisotopic (exact) mass is 445 g/mol. The standard InChI is InChI=1S/C24H15NO2S3/c26-30(27)23-12-6-5-11-21(23)29-22-15-16(13-14-24(22)30)25-17-7-1-3-9-19(17)28-20-10-4-2-8-18(20)25/h1-15H. The van der Waals surface area contributed by atoms with Crippen LogP contribution in [0.3, 0.4) is 0 Å². The van der Waals surface area contributed by atoms with E-state index in [9.17, 15) is 8.42 Å². The molecule has 0 N–H and O–H groups in total. The lowest BCUT2D eigenvalue weighted by Crippen LogP contribution is -2.16. The van der Waals surface area contributed by atoms with Gasteiger partial charge in [-0.05, 0) is 54.6 Å². The van der Waals surface area contributed by atoms with E-state index in [4.69, 9.17) is 0 Å². The van der Waals surface area contributed by atoms with E-state index >= 15 is 0 Å². The molecule has 2 aliphatic rings. The Morgan fingerprint density at radius 3 is 1.80 bits per heavy atom. The number of rotatable bonds is 1. The summed E-state index contributed by atoms with van der Waals surface area (Å²) >= 11 is 3.27. The molecule has 6 heteroatoms. The van der Waals surface area contributed by atoms with E-state index < -0.39 is 9.84 Å². The lowest BCUT2D eigenvalue weighted by molar-refractivity contribution is 0.591. The van der Waals surface area contributed by atoms with Crippen LogP contribution >= 0.6 is 23.5 Å². The van der Waals surface area contributed by atoms with Crippen molar-refractivity contribution in [3.63, 3.8) is 0 Å². The molecule has 0 aliphatic carbocycles. The minimum Gasteiger partial charge on any atom is -0.308 e. The summed E-state index contributed by atoms with van der Waals surface area (Å²) < 4.78 is 26.3. The summed E-state index contributed by atoms with van der Waals surface area (Å²) in [5.41, 5.74) is 3.16. The zero-order valence-corrected chi connectivity index (χ0v) is 18.1. The second-order valence-corrected chi connectivity index (χ2v) is 11.1. The molecule has 2 heterocycles. The maximum Gasteiger partial charge on any atom is 0.208 e. The second kappa shape index (κ2) is 6.67. The molecular weight excluding hydrogens is 430 g/mol. The van der Waals surface area contributed by atoms with Crippen molar-refractivity contribution in [3.05, 3.63) is 91.0 Å². The summed E-state index contributed by atoms with van der Waals surface area (Å²) in [6.45, 7) is 0. The minimum absolute atomic E-state index is 0.378. The molecule has 0 spiro atoms. The van der Waals surface area contributed by atoms with Crippen molar-refractivity contribution in [1.29, 1.82) is 0 Å². The predicted octanol–water partition coefficient (Wildman–Crippen LogP) is 6.92. The van der Waals surface area contributed by atoms with Crippen LogP contribution in [0.1, 0.15) is 0 Å².